The van der Waals surface area contributed by atoms with Crippen LogP contribution in [0, 0.1) is 6.92 Å². The van der Waals surface area contributed by atoms with Gasteiger partial charge in [-0.25, -0.2) is 13.4 Å². The minimum Gasteiger partial charge on any atom is -0.345 e. The first-order chi connectivity index (χ1) is 14.3. The molecule has 0 radical (unpaired) electrons. The summed E-state index contributed by atoms with van der Waals surface area (Å²) in [5.41, 5.74) is 3.53. The first kappa shape index (κ1) is 21.8. The van der Waals surface area contributed by atoms with Crippen LogP contribution in [0.4, 0.5) is 5.13 Å². The summed E-state index contributed by atoms with van der Waals surface area (Å²) in [4.78, 5) is 7.08. The molecule has 2 aromatic carbocycles. The van der Waals surface area contributed by atoms with Gasteiger partial charge in [-0.05, 0) is 30.7 Å². The van der Waals surface area contributed by atoms with Gasteiger partial charge >= 0.3 is 0 Å². The molecule has 4 rings (SSSR count). The predicted octanol–water partition coefficient (Wildman–Crippen LogP) is 4.97. The molecule has 0 N–H and O–H groups in total. The lowest BCUT2D eigenvalue weighted by molar-refractivity contribution is 0.384. The molecule has 0 aliphatic carbocycles. The van der Waals surface area contributed by atoms with Gasteiger partial charge in [0, 0.05) is 42.5 Å². The molecule has 0 atom stereocenters. The van der Waals surface area contributed by atoms with Crippen LogP contribution in [0.25, 0.3) is 0 Å². The van der Waals surface area contributed by atoms with Gasteiger partial charge < -0.3 is 4.90 Å². The molecule has 3 aromatic rings. The Morgan fingerprint density at radius 2 is 1.90 bits per heavy atom. The zero-order valence-electron chi connectivity index (χ0n) is 16.4. The molecule has 0 spiro atoms. The lowest BCUT2D eigenvalue weighted by Gasteiger charge is -2.34. The number of halogens is 2. The normalized spacial score (nSPS) is 15.5. The molecule has 9 heteroatoms. The number of sulfonamides is 1. The Labute approximate surface area is 194 Å². The Morgan fingerprint density at radius 3 is 2.60 bits per heavy atom. The van der Waals surface area contributed by atoms with Gasteiger partial charge in [0.2, 0.25) is 10.0 Å². The smallest absolute Gasteiger partial charge is 0.244 e. The fourth-order valence-corrected chi connectivity index (χ4v) is 6.81. The Bertz CT molecular complexity index is 1160. The standard InChI is InChI=1S/C21H21BrClN3O2S2/c1-15-3-2-4-16(11-15)12-18-14-29-21(24-18)25-7-9-26(10-8-25)30(27,28)20-6-5-17(22)13-19(20)23/h2-6,11,13-14H,7-10,12H2,1H3. The third-order valence-corrected chi connectivity index (χ3v) is 8.85. The largest absolute Gasteiger partial charge is 0.345 e. The number of hydrogen-bond donors (Lipinski definition) is 0. The van der Waals surface area contributed by atoms with Crippen LogP contribution < -0.4 is 4.90 Å². The van der Waals surface area contributed by atoms with Crippen molar-refractivity contribution in [2.45, 2.75) is 18.2 Å². The van der Waals surface area contributed by atoms with Gasteiger partial charge in [-0.3, -0.25) is 0 Å². The van der Waals surface area contributed by atoms with E-state index in [2.05, 4.69) is 57.4 Å². The average molecular weight is 527 g/mol. The summed E-state index contributed by atoms with van der Waals surface area (Å²) in [5, 5.41) is 3.26. The number of hydrogen-bond acceptors (Lipinski definition) is 5. The molecule has 1 aliphatic heterocycles. The highest BCUT2D eigenvalue weighted by Crippen LogP contribution is 2.29. The Balaban J connectivity index is 1.42. The molecule has 0 saturated carbocycles. The maximum Gasteiger partial charge on any atom is 0.244 e. The van der Waals surface area contributed by atoms with Crippen LogP contribution in [0.3, 0.4) is 0 Å². The van der Waals surface area contributed by atoms with Gasteiger partial charge in [-0.2, -0.15) is 4.31 Å². The van der Waals surface area contributed by atoms with E-state index in [0.29, 0.717) is 26.2 Å². The highest BCUT2D eigenvalue weighted by atomic mass is 79.9. The highest BCUT2D eigenvalue weighted by Gasteiger charge is 2.30. The van der Waals surface area contributed by atoms with E-state index >= 15 is 0 Å². The monoisotopic (exact) mass is 525 g/mol. The van der Waals surface area contributed by atoms with Crippen molar-refractivity contribution in [3.05, 3.63) is 74.2 Å². The summed E-state index contributed by atoms with van der Waals surface area (Å²) < 4.78 is 28.2. The summed E-state index contributed by atoms with van der Waals surface area (Å²) >= 11 is 11.1. The first-order valence-electron chi connectivity index (χ1n) is 9.53. The summed E-state index contributed by atoms with van der Waals surface area (Å²) in [6, 6.07) is 13.3. The number of rotatable bonds is 5. The maximum absolute atomic E-state index is 13.0. The van der Waals surface area contributed by atoms with Gasteiger partial charge in [0.25, 0.3) is 0 Å². The lowest BCUT2D eigenvalue weighted by atomic mass is 10.1. The minimum atomic E-state index is -3.62. The maximum atomic E-state index is 13.0. The van der Waals surface area contributed by atoms with Crippen LogP contribution in [-0.4, -0.2) is 43.9 Å². The molecule has 1 saturated heterocycles. The molecule has 30 heavy (non-hydrogen) atoms. The number of aryl methyl sites for hydroxylation is 1. The van der Waals surface area contributed by atoms with Crippen molar-refractivity contribution in [3.8, 4) is 0 Å². The Kier molecular flexibility index (Phi) is 6.50. The first-order valence-corrected chi connectivity index (χ1v) is 13.0. The molecule has 5 nitrogen and oxygen atoms in total. The second-order valence-electron chi connectivity index (χ2n) is 7.25. The van der Waals surface area contributed by atoms with E-state index in [0.717, 1.165) is 21.7 Å². The van der Waals surface area contributed by atoms with E-state index in [1.807, 2.05) is 0 Å². The summed E-state index contributed by atoms with van der Waals surface area (Å²) in [6.45, 7) is 4.10. The second-order valence-corrected chi connectivity index (χ2v) is 11.3. The summed E-state index contributed by atoms with van der Waals surface area (Å²) in [5.74, 6) is 0. The number of nitrogens with zero attached hydrogens (tertiary/aromatic N) is 3. The second kappa shape index (κ2) is 8.96. The molecule has 1 fully saturated rings. The zero-order chi connectivity index (χ0) is 21.3. The van der Waals surface area contributed by atoms with Gasteiger partial charge in [0.15, 0.2) is 5.13 Å². The van der Waals surface area contributed by atoms with Crippen molar-refractivity contribution in [2.75, 3.05) is 31.1 Å². The van der Waals surface area contributed by atoms with Crippen LogP contribution in [0.15, 0.2) is 57.2 Å². The molecule has 158 valence electrons. The lowest BCUT2D eigenvalue weighted by Crippen LogP contribution is -2.48. The van der Waals surface area contributed by atoms with Gasteiger partial charge in [-0.1, -0.05) is 57.4 Å². The Hall–Kier alpha value is -1.45. The van der Waals surface area contributed by atoms with E-state index < -0.39 is 10.0 Å². The van der Waals surface area contributed by atoms with Crippen LogP contribution in [-0.2, 0) is 16.4 Å². The van der Waals surface area contributed by atoms with Crippen molar-refractivity contribution in [2.24, 2.45) is 0 Å². The third-order valence-electron chi connectivity index (χ3n) is 5.03. The average Bonchev–Trinajstić information content (AvgIpc) is 3.16. The van der Waals surface area contributed by atoms with Crippen LogP contribution in [0.2, 0.25) is 5.02 Å². The molecule has 0 amide bonds. The number of anilines is 1. The fourth-order valence-electron chi connectivity index (χ4n) is 3.50. The fraction of sp³-hybridized carbons (Fsp3) is 0.286. The quantitative estimate of drug-likeness (QED) is 0.471. The predicted molar refractivity (Wildman–Crippen MR) is 126 cm³/mol. The van der Waals surface area contributed by atoms with E-state index in [4.69, 9.17) is 16.6 Å². The van der Waals surface area contributed by atoms with Gasteiger partial charge in [0.05, 0.1) is 10.7 Å². The number of thiazole rings is 1. The number of aromatic nitrogens is 1. The number of benzene rings is 2. The van der Waals surface area contributed by atoms with Crippen molar-refractivity contribution >= 4 is 54.0 Å². The molecule has 0 bridgehead atoms. The van der Waals surface area contributed by atoms with Crippen molar-refractivity contribution < 1.29 is 8.42 Å². The highest BCUT2D eigenvalue weighted by molar-refractivity contribution is 9.10. The molecule has 1 aromatic heterocycles. The minimum absolute atomic E-state index is 0.149. The van der Waals surface area contributed by atoms with Gasteiger partial charge in [-0.15, -0.1) is 11.3 Å². The van der Waals surface area contributed by atoms with Crippen molar-refractivity contribution in [3.63, 3.8) is 0 Å². The molecular weight excluding hydrogens is 506 g/mol. The van der Waals surface area contributed by atoms with E-state index in [1.165, 1.54) is 15.4 Å². The third kappa shape index (κ3) is 4.73. The molecule has 0 unspecified atom stereocenters. The van der Waals surface area contributed by atoms with Crippen molar-refractivity contribution in [1.82, 2.24) is 9.29 Å². The van der Waals surface area contributed by atoms with E-state index in [1.54, 1.807) is 29.5 Å². The molecule has 1 aliphatic rings. The summed E-state index contributed by atoms with van der Waals surface area (Å²) in [7, 11) is -3.62. The summed E-state index contributed by atoms with van der Waals surface area (Å²) in [6.07, 6.45) is 0.800. The molecule has 2 heterocycles. The van der Waals surface area contributed by atoms with E-state index in [-0.39, 0.29) is 9.92 Å². The topological polar surface area (TPSA) is 53.5 Å². The Morgan fingerprint density at radius 1 is 1.13 bits per heavy atom. The number of piperazine rings is 1. The van der Waals surface area contributed by atoms with Crippen molar-refractivity contribution in [1.29, 1.82) is 0 Å². The van der Waals surface area contributed by atoms with E-state index in [9.17, 15) is 8.42 Å². The van der Waals surface area contributed by atoms with Crippen LogP contribution in [0.5, 0.6) is 0 Å². The zero-order valence-corrected chi connectivity index (χ0v) is 20.4. The van der Waals surface area contributed by atoms with Crippen LogP contribution >= 0.6 is 38.9 Å². The SMILES string of the molecule is Cc1cccc(Cc2csc(N3CCN(S(=O)(=O)c4ccc(Br)cc4Cl)CC3)n2)c1. The molecular formula is C21H21BrClN3O2S2. The van der Waals surface area contributed by atoms with Crippen LogP contribution in [0.1, 0.15) is 16.8 Å². The van der Waals surface area contributed by atoms with Gasteiger partial charge in [0.1, 0.15) is 4.90 Å².